The van der Waals surface area contributed by atoms with Crippen LogP contribution in [0.2, 0.25) is 0 Å². The van der Waals surface area contributed by atoms with Gasteiger partial charge in [0.05, 0.1) is 0 Å². The van der Waals surface area contributed by atoms with E-state index in [-0.39, 0.29) is 12.5 Å². The Bertz CT molecular complexity index is 344. The minimum absolute atomic E-state index is 0.0344. The molecule has 1 unspecified atom stereocenters. The van der Waals surface area contributed by atoms with E-state index < -0.39 is 0 Å². The van der Waals surface area contributed by atoms with E-state index in [1.165, 1.54) is 0 Å². The minimum atomic E-state index is 0.0344. The predicted molar refractivity (Wildman–Crippen MR) is 87.3 cm³/mol. The molecule has 0 aromatic heterocycles. The van der Waals surface area contributed by atoms with Crippen molar-refractivity contribution in [1.29, 1.82) is 0 Å². The van der Waals surface area contributed by atoms with Crippen LogP contribution in [-0.2, 0) is 4.79 Å². The number of hydrogen-bond acceptors (Lipinski definition) is 3. The summed E-state index contributed by atoms with van der Waals surface area (Å²) < 4.78 is 0. The lowest BCUT2D eigenvalue weighted by Crippen LogP contribution is -2.49. The second-order valence-corrected chi connectivity index (χ2v) is 6.90. The molecular formula is C14H28N4OS. The standard InChI is InChI=1S/C14H28N4OS/c1-6-15-14(16-9-13(19)17(4)5)18-7-8-20-12(10-18)11(2)3/h11-12H,6-10H2,1-5H3,(H,15,16). The summed E-state index contributed by atoms with van der Waals surface area (Å²) in [7, 11) is 3.52. The fourth-order valence-electron chi connectivity index (χ4n) is 1.98. The molecule has 5 nitrogen and oxygen atoms in total. The van der Waals surface area contributed by atoms with Crippen molar-refractivity contribution < 1.29 is 4.79 Å². The highest BCUT2D eigenvalue weighted by Crippen LogP contribution is 2.24. The van der Waals surface area contributed by atoms with Gasteiger partial charge in [-0.1, -0.05) is 13.8 Å². The number of aliphatic imine (C=N–C) groups is 1. The average molecular weight is 300 g/mol. The SMILES string of the molecule is CCNC(=NCC(=O)N(C)C)N1CCSC(C(C)C)C1. The zero-order chi connectivity index (χ0) is 15.1. The van der Waals surface area contributed by atoms with Crippen molar-refractivity contribution in [3.05, 3.63) is 0 Å². The summed E-state index contributed by atoms with van der Waals surface area (Å²) in [5.41, 5.74) is 0. The van der Waals surface area contributed by atoms with Gasteiger partial charge < -0.3 is 15.1 Å². The van der Waals surface area contributed by atoms with Gasteiger partial charge in [0.1, 0.15) is 6.54 Å². The number of likely N-dealkylation sites (N-methyl/N-ethyl adjacent to an activating group) is 1. The maximum Gasteiger partial charge on any atom is 0.243 e. The van der Waals surface area contributed by atoms with Gasteiger partial charge in [0.2, 0.25) is 5.91 Å². The lowest BCUT2D eigenvalue weighted by molar-refractivity contribution is -0.127. The Morgan fingerprint density at radius 1 is 1.50 bits per heavy atom. The molecule has 1 saturated heterocycles. The van der Waals surface area contributed by atoms with Crippen LogP contribution in [0.15, 0.2) is 4.99 Å². The number of carbonyl (C=O) groups excluding carboxylic acids is 1. The Morgan fingerprint density at radius 2 is 2.20 bits per heavy atom. The van der Waals surface area contributed by atoms with Gasteiger partial charge in [0.15, 0.2) is 5.96 Å². The van der Waals surface area contributed by atoms with Crippen molar-refractivity contribution in [2.45, 2.75) is 26.0 Å². The van der Waals surface area contributed by atoms with Crippen molar-refractivity contribution in [3.63, 3.8) is 0 Å². The fourth-order valence-corrected chi connectivity index (χ4v) is 3.28. The average Bonchev–Trinajstić information content (AvgIpc) is 2.43. The molecule has 0 aliphatic carbocycles. The molecule has 0 aromatic rings. The molecule has 0 spiro atoms. The van der Waals surface area contributed by atoms with Crippen molar-refractivity contribution in [3.8, 4) is 0 Å². The molecule has 1 rings (SSSR count). The Morgan fingerprint density at radius 3 is 2.75 bits per heavy atom. The summed E-state index contributed by atoms with van der Waals surface area (Å²) in [4.78, 5) is 20.0. The Labute approximate surface area is 127 Å². The van der Waals surface area contributed by atoms with Gasteiger partial charge in [0, 0.05) is 44.7 Å². The van der Waals surface area contributed by atoms with Gasteiger partial charge in [0.25, 0.3) is 0 Å². The second kappa shape index (κ2) is 8.39. The summed E-state index contributed by atoms with van der Waals surface area (Å²) in [6, 6.07) is 0. The quantitative estimate of drug-likeness (QED) is 0.624. The first kappa shape index (κ1) is 17.1. The summed E-state index contributed by atoms with van der Waals surface area (Å²) in [5.74, 6) is 2.68. The van der Waals surface area contributed by atoms with Crippen LogP contribution in [0, 0.1) is 5.92 Å². The Balaban J connectivity index is 2.69. The van der Waals surface area contributed by atoms with Crippen LogP contribution in [0.3, 0.4) is 0 Å². The van der Waals surface area contributed by atoms with Crippen LogP contribution in [-0.4, -0.2) is 72.9 Å². The molecule has 1 N–H and O–H groups in total. The molecule has 1 aliphatic heterocycles. The zero-order valence-electron chi connectivity index (χ0n) is 13.3. The van der Waals surface area contributed by atoms with Gasteiger partial charge in [-0.05, 0) is 12.8 Å². The van der Waals surface area contributed by atoms with E-state index in [2.05, 4.69) is 36.0 Å². The van der Waals surface area contributed by atoms with E-state index >= 15 is 0 Å². The van der Waals surface area contributed by atoms with Crippen LogP contribution in [0.5, 0.6) is 0 Å². The molecule has 6 heteroatoms. The van der Waals surface area contributed by atoms with Crippen LogP contribution in [0.1, 0.15) is 20.8 Å². The highest BCUT2D eigenvalue weighted by atomic mass is 32.2. The molecule has 1 atom stereocenters. The smallest absolute Gasteiger partial charge is 0.243 e. The highest BCUT2D eigenvalue weighted by molar-refractivity contribution is 8.00. The molecule has 0 aromatic carbocycles. The van der Waals surface area contributed by atoms with Gasteiger partial charge in [-0.25, -0.2) is 4.99 Å². The summed E-state index contributed by atoms with van der Waals surface area (Å²) in [5, 5.41) is 3.94. The molecular weight excluding hydrogens is 272 g/mol. The van der Waals surface area contributed by atoms with Crippen LogP contribution in [0.25, 0.3) is 0 Å². The number of nitrogens with zero attached hydrogens (tertiary/aromatic N) is 3. The Hall–Kier alpha value is -0.910. The third-order valence-electron chi connectivity index (χ3n) is 3.33. The van der Waals surface area contributed by atoms with Crippen molar-refractivity contribution in [1.82, 2.24) is 15.1 Å². The largest absolute Gasteiger partial charge is 0.357 e. The molecule has 0 bridgehead atoms. The predicted octanol–water partition coefficient (Wildman–Crippen LogP) is 1.11. The van der Waals surface area contributed by atoms with E-state index in [9.17, 15) is 4.79 Å². The number of hydrogen-bond donors (Lipinski definition) is 1. The van der Waals surface area contributed by atoms with E-state index in [1.54, 1.807) is 19.0 Å². The van der Waals surface area contributed by atoms with Gasteiger partial charge in [-0.2, -0.15) is 11.8 Å². The maximum absolute atomic E-state index is 11.7. The second-order valence-electron chi connectivity index (χ2n) is 5.56. The topological polar surface area (TPSA) is 47.9 Å². The number of guanidine groups is 1. The normalized spacial score (nSPS) is 20.2. The zero-order valence-corrected chi connectivity index (χ0v) is 14.2. The van der Waals surface area contributed by atoms with Crippen LogP contribution in [0.4, 0.5) is 0 Å². The summed E-state index contributed by atoms with van der Waals surface area (Å²) >= 11 is 2.04. The van der Waals surface area contributed by atoms with E-state index in [4.69, 9.17) is 0 Å². The van der Waals surface area contributed by atoms with Crippen molar-refractivity contribution in [2.75, 3.05) is 46.0 Å². The summed E-state index contributed by atoms with van der Waals surface area (Å²) in [6.07, 6.45) is 0. The molecule has 1 heterocycles. The van der Waals surface area contributed by atoms with E-state index in [1.807, 2.05) is 11.8 Å². The first-order valence-electron chi connectivity index (χ1n) is 7.30. The number of rotatable bonds is 4. The molecule has 1 aliphatic rings. The third kappa shape index (κ3) is 5.23. The molecule has 0 saturated carbocycles. The van der Waals surface area contributed by atoms with Crippen molar-refractivity contribution >= 4 is 23.6 Å². The van der Waals surface area contributed by atoms with Crippen LogP contribution < -0.4 is 5.32 Å². The molecule has 20 heavy (non-hydrogen) atoms. The van der Waals surface area contributed by atoms with E-state index in [0.717, 1.165) is 31.3 Å². The Kier molecular flexibility index (Phi) is 7.19. The van der Waals surface area contributed by atoms with E-state index in [0.29, 0.717) is 11.2 Å². The minimum Gasteiger partial charge on any atom is -0.357 e. The number of thioether (sulfide) groups is 1. The summed E-state index contributed by atoms with van der Waals surface area (Å²) in [6.45, 7) is 9.63. The molecule has 1 fully saturated rings. The lowest BCUT2D eigenvalue weighted by atomic mass is 10.1. The highest BCUT2D eigenvalue weighted by Gasteiger charge is 2.24. The van der Waals surface area contributed by atoms with Gasteiger partial charge >= 0.3 is 0 Å². The molecule has 0 radical (unpaired) electrons. The monoisotopic (exact) mass is 300 g/mol. The maximum atomic E-state index is 11.7. The third-order valence-corrected chi connectivity index (χ3v) is 4.87. The lowest BCUT2D eigenvalue weighted by Gasteiger charge is -2.36. The first-order valence-corrected chi connectivity index (χ1v) is 8.35. The number of nitrogens with one attached hydrogen (secondary N) is 1. The fraction of sp³-hybridized carbons (Fsp3) is 0.857. The number of amides is 1. The van der Waals surface area contributed by atoms with Crippen LogP contribution >= 0.6 is 11.8 Å². The molecule has 116 valence electrons. The molecule has 1 amide bonds. The number of carbonyl (C=O) groups is 1. The van der Waals surface area contributed by atoms with Crippen molar-refractivity contribution in [2.24, 2.45) is 10.9 Å². The van der Waals surface area contributed by atoms with Gasteiger partial charge in [-0.3, -0.25) is 4.79 Å². The van der Waals surface area contributed by atoms with Gasteiger partial charge in [-0.15, -0.1) is 0 Å². The first-order chi connectivity index (χ1) is 9.45.